The van der Waals surface area contributed by atoms with Crippen molar-refractivity contribution >= 4 is 5.91 Å². The molecule has 1 atom stereocenters. The smallest absolute Gasteiger partial charge is 0.290 e. The van der Waals surface area contributed by atoms with Crippen molar-refractivity contribution < 1.29 is 14.1 Å². The number of likely N-dealkylation sites (tertiary alicyclic amines) is 1. The van der Waals surface area contributed by atoms with E-state index in [0.29, 0.717) is 5.89 Å². The largest absolute Gasteiger partial charge is 0.379 e. The van der Waals surface area contributed by atoms with Crippen LogP contribution < -0.4 is 5.73 Å². The molecule has 3 rings (SSSR count). The van der Waals surface area contributed by atoms with E-state index in [1.807, 2.05) is 0 Å². The molecule has 1 amide bonds. The maximum absolute atomic E-state index is 11.1. The molecule has 3 heterocycles. The first-order chi connectivity index (χ1) is 10.7. The highest BCUT2D eigenvalue weighted by Gasteiger charge is 2.30. The second-order valence-electron chi connectivity index (χ2n) is 5.82. The molecule has 1 aromatic heterocycles. The zero-order chi connectivity index (χ0) is 15.4. The number of morpholine rings is 1. The Hall–Kier alpha value is -1.51. The maximum Gasteiger partial charge on any atom is 0.290 e. The molecule has 0 unspecified atom stereocenters. The first kappa shape index (κ1) is 15.4. The third-order valence-electron chi connectivity index (χ3n) is 4.33. The van der Waals surface area contributed by atoms with Crippen molar-refractivity contribution in [3.05, 3.63) is 11.7 Å². The van der Waals surface area contributed by atoms with Gasteiger partial charge >= 0.3 is 0 Å². The quantitative estimate of drug-likeness (QED) is 0.791. The molecule has 2 aliphatic heterocycles. The molecule has 0 spiro atoms. The summed E-state index contributed by atoms with van der Waals surface area (Å²) in [6, 6.07) is 0.116. The van der Waals surface area contributed by atoms with Crippen LogP contribution in [0, 0.1) is 0 Å². The van der Waals surface area contributed by atoms with Crippen molar-refractivity contribution in [1.82, 2.24) is 19.9 Å². The second kappa shape index (κ2) is 7.17. The van der Waals surface area contributed by atoms with Crippen molar-refractivity contribution in [2.75, 3.05) is 45.9 Å². The van der Waals surface area contributed by atoms with Crippen LogP contribution in [-0.4, -0.2) is 71.8 Å². The van der Waals surface area contributed by atoms with Gasteiger partial charge in [0, 0.05) is 19.6 Å². The summed E-state index contributed by atoms with van der Waals surface area (Å²) < 4.78 is 10.6. The van der Waals surface area contributed by atoms with E-state index < -0.39 is 5.91 Å². The lowest BCUT2D eigenvalue weighted by atomic mass is 10.2. The van der Waals surface area contributed by atoms with Crippen LogP contribution in [0.1, 0.15) is 41.8 Å². The number of amides is 1. The van der Waals surface area contributed by atoms with Crippen molar-refractivity contribution in [3.63, 3.8) is 0 Å². The fourth-order valence-corrected chi connectivity index (χ4v) is 3.17. The predicted octanol–water partition coefficient (Wildman–Crippen LogP) is 0.0277. The average molecular weight is 309 g/mol. The molecule has 0 aliphatic carbocycles. The van der Waals surface area contributed by atoms with Gasteiger partial charge in [-0.15, -0.1) is 0 Å². The highest BCUT2D eigenvalue weighted by Crippen LogP contribution is 2.30. The maximum atomic E-state index is 11.1. The molecule has 2 fully saturated rings. The zero-order valence-electron chi connectivity index (χ0n) is 12.7. The average Bonchev–Trinajstić information content (AvgIpc) is 3.16. The Bertz CT molecular complexity index is 500. The Morgan fingerprint density at radius 2 is 2.09 bits per heavy atom. The summed E-state index contributed by atoms with van der Waals surface area (Å²) in [6.45, 7) is 6.83. The molecular formula is C14H23N5O3. The lowest BCUT2D eigenvalue weighted by molar-refractivity contribution is 0.0357. The molecule has 0 bridgehead atoms. The van der Waals surface area contributed by atoms with Gasteiger partial charge in [0.05, 0.1) is 19.3 Å². The van der Waals surface area contributed by atoms with Crippen LogP contribution in [0.3, 0.4) is 0 Å². The van der Waals surface area contributed by atoms with E-state index in [0.717, 1.165) is 65.2 Å². The van der Waals surface area contributed by atoms with Crippen LogP contribution in [0.25, 0.3) is 0 Å². The van der Waals surface area contributed by atoms with E-state index in [4.69, 9.17) is 15.0 Å². The van der Waals surface area contributed by atoms with E-state index in [2.05, 4.69) is 19.9 Å². The summed E-state index contributed by atoms with van der Waals surface area (Å²) >= 11 is 0. The van der Waals surface area contributed by atoms with Gasteiger partial charge in [-0.05, 0) is 32.4 Å². The molecule has 0 radical (unpaired) electrons. The number of ether oxygens (including phenoxy) is 1. The van der Waals surface area contributed by atoms with E-state index >= 15 is 0 Å². The predicted molar refractivity (Wildman–Crippen MR) is 78.2 cm³/mol. The van der Waals surface area contributed by atoms with Crippen LogP contribution in [0.4, 0.5) is 0 Å². The Labute approximate surface area is 129 Å². The number of carbonyl (C=O) groups excluding carboxylic acids is 1. The summed E-state index contributed by atoms with van der Waals surface area (Å²) in [5.41, 5.74) is 5.17. The number of carbonyl (C=O) groups is 1. The number of rotatable bonds is 6. The van der Waals surface area contributed by atoms with Crippen molar-refractivity contribution in [3.8, 4) is 0 Å². The molecule has 0 aromatic carbocycles. The van der Waals surface area contributed by atoms with Crippen LogP contribution >= 0.6 is 0 Å². The standard InChI is InChI=1S/C14H23N5O3/c15-12(20)13-16-14(22-17-13)11-3-1-5-19(11)6-2-4-18-7-9-21-10-8-18/h11H,1-10H2,(H2,15,20)/t11-/m0/s1. The third kappa shape index (κ3) is 3.63. The number of nitrogens with zero attached hydrogens (tertiary/aromatic N) is 4. The highest BCUT2D eigenvalue weighted by molar-refractivity contribution is 5.88. The van der Waals surface area contributed by atoms with E-state index in [1.165, 1.54) is 0 Å². The van der Waals surface area contributed by atoms with Gasteiger partial charge in [0.2, 0.25) is 5.89 Å². The van der Waals surface area contributed by atoms with Gasteiger partial charge in [0.1, 0.15) is 0 Å². The molecule has 2 N–H and O–H groups in total. The van der Waals surface area contributed by atoms with E-state index in [-0.39, 0.29) is 11.9 Å². The zero-order valence-corrected chi connectivity index (χ0v) is 12.7. The number of primary amides is 1. The van der Waals surface area contributed by atoms with Gasteiger partial charge in [0.15, 0.2) is 0 Å². The first-order valence-electron chi connectivity index (χ1n) is 7.91. The minimum atomic E-state index is -0.646. The molecular weight excluding hydrogens is 286 g/mol. The van der Waals surface area contributed by atoms with Crippen LogP contribution in [0.15, 0.2) is 4.52 Å². The van der Waals surface area contributed by atoms with Gasteiger partial charge in [-0.2, -0.15) is 4.98 Å². The van der Waals surface area contributed by atoms with Gasteiger partial charge in [-0.3, -0.25) is 14.6 Å². The fourth-order valence-electron chi connectivity index (χ4n) is 3.17. The molecule has 2 aliphatic rings. The topological polar surface area (TPSA) is 97.7 Å². The minimum absolute atomic E-state index is 0.0323. The molecule has 0 saturated carbocycles. The third-order valence-corrected chi connectivity index (χ3v) is 4.33. The number of hydrogen-bond donors (Lipinski definition) is 1. The minimum Gasteiger partial charge on any atom is -0.379 e. The molecule has 22 heavy (non-hydrogen) atoms. The van der Waals surface area contributed by atoms with Crippen molar-refractivity contribution in [2.45, 2.75) is 25.3 Å². The molecule has 2 saturated heterocycles. The number of aromatic nitrogens is 2. The van der Waals surface area contributed by atoms with Crippen LogP contribution in [0.5, 0.6) is 0 Å². The first-order valence-corrected chi connectivity index (χ1v) is 7.91. The Balaban J connectivity index is 1.50. The SMILES string of the molecule is NC(=O)c1noc([C@@H]2CCCN2CCCN2CCOCC2)n1. The lowest BCUT2D eigenvalue weighted by Gasteiger charge is -2.28. The number of nitrogens with two attached hydrogens (primary N) is 1. The van der Waals surface area contributed by atoms with Gasteiger partial charge < -0.3 is 15.0 Å². The van der Waals surface area contributed by atoms with Crippen molar-refractivity contribution in [1.29, 1.82) is 0 Å². The van der Waals surface area contributed by atoms with Gasteiger partial charge in [-0.1, -0.05) is 5.16 Å². The van der Waals surface area contributed by atoms with Crippen LogP contribution in [-0.2, 0) is 4.74 Å². The number of hydrogen-bond acceptors (Lipinski definition) is 7. The molecule has 8 nitrogen and oxygen atoms in total. The van der Waals surface area contributed by atoms with Gasteiger partial charge in [0.25, 0.3) is 11.7 Å². The summed E-state index contributed by atoms with van der Waals surface area (Å²) in [6.07, 6.45) is 3.20. The van der Waals surface area contributed by atoms with E-state index in [9.17, 15) is 4.79 Å². The molecule has 122 valence electrons. The molecule has 8 heteroatoms. The summed E-state index contributed by atoms with van der Waals surface area (Å²) in [5, 5.41) is 3.64. The van der Waals surface area contributed by atoms with Crippen LogP contribution in [0.2, 0.25) is 0 Å². The van der Waals surface area contributed by atoms with Crippen molar-refractivity contribution in [2.24, 2.45) is 5.73 Å². The highest BCUT2D eigenvalue weighted by atomic mass is 16.5. The lowest BCUT2D eigenvalue weighted by Crippen LogP contribution is -2.38. The summed E-state index contributed by atoms with van der Waals surface area (Å²) in [5.74, 6) is -0.167. The second-order valence-corrected chi connectivity index (χ2v) is 5.82. The van der Waals surface area contributed by atoms with E-state index in [1.54, 1.807) is 0 Å². The summed E-state index contributed by atoms with van der Waals surface area (Å²) in [4.78, 5) is 20.0. The normalized spacial score (nSPS) is 23.9. The fraction of sp³-hybridized carbons (Fsp3) is 0.786. The Kier molecular flexibility index (Phi) is 5.01. The Morgan fingerprint density at radius 1 is 1.27 bits per heavy atom. The monoisotopic (exact) mass is 309 g/mol. The Morgan fingerprint density at radius 3 is 2.82 bits per heavy atom. The van der Waals surface area contributed by atoms with Gasteiger partial charge in [-0.25, -0.2) is 0 Å². The summed E-state index contributed by atoms with van der Waals surface area (Å²) in [7, 11) is 0. The molecule has 1 aromatic rings.